The number of pyridine rings is 1. The topological polar surface area (TPSA) is 65.8 Å². The molecule has 2 rings (SSSR count). The molecule has 0 aliphatic rings. The highest BCUT2D eigenvalue weighted by Gasteiger charge is 2.07. The van der Waals surface area contributed by atoms with Crippen LogP contribution >= 0.6 is 27.3 Å². The highest BCUT2D eigenvalue weighted by molar-refractivity contribution is 9.11. The van der Waals surface area contributed by atoms with Gasteiger partial charge >= 0.3 is 0 Å². The van der Waals surface area contributed by atoms with Crippen molar-refractivity contribution in [2.45, 2.75) is 13.0 Å². The van der Waals surface area contributed by atoms with Gasteiger partial charge < -0.3 is 5.32 Å². The summed E-state index contributed by atoms with van der Waals surface area (Å²) < 4.78 is 1.04. The van der Waals surface area contributed by atoms with Crippen molar-refractivity contribution in [1.29, 1.82) is 5.26 Å². The SMILES string of the molecule is N#CCc1cc(C(=O)NCc2ccc(Br)s2)ccn1. The van der Waals surface area contributed by atoms with E-state index in [9.17, 15) is 4.79 Å². The van der Waals surface area contributed by atoms with Gasteiger partial charge in [0.1, 0.15) is 0 Å². The minimum Gasteiger partial charge on any atom is -0.347 e. The molecule has 2 aromatic heterocycles. The number of amides is 1. The van der Waals surface area contributed by atoms with Gasteiger partial charge in [-0.15, -0.1) is 11.3 Å². The molecule has 2 aromatic rings. The fourth-order valence-electron chi connectivity index (χ4n) is 1.51. The molecule has 0 radical (unpaired) electrons. The second-order valence-electron chi connectivity index (χ2n) is 3.76. The summed E-state index contributed by atoms with van der Waals surface area (Å²) in [5.41, 5.74) is 1.13. The number of nitrogens with one attached hydrogen (secondary N) is 1. The van der Waals surface area contributed by atoms with Crippen LogP contribution < -0.4 is 5.32 Å². The summed E-state index contributed by atoms with van der Waals surface area (Å²) in [5.74, 6) is -0.161. The van der Waals surface area contributed by atoms with Gasteiger partial charge in [-0.05, 0) is 40.2 Å². The molecule has 0 aromatic carbocycles. The van der Waals surface area contributed by atoms with E-state index in [1.54, 1.807) is 29.7 Å². The van der Waals surface area contributed by atoms with Crippen LogP contribution in [0.4, 0.5) is 0 Å². The molecule has 0 fully saturated rings. The number of thiophene rings is 1. The number of halogens is 1. The van der Waals surface area contributed by atoms with E-state index in [0.29, 0.717) is 17.8 Å². The molecule has 1 N–H and O–H groups in total. The minimum absolute atomic E-state index is 0.161. The lowest BCUT2D eigenvalue weighted by Gasteiger charge is -2.04. The van der Waals surface area contributed by atoms with E-state index < -0.39 is 0 Å². The van der Waals surface area contributed by atoms with Crippen LogP contribution in [-0.4, -0.2) is 10.9 Å². The molecule has 0 aliphatic heterocycles. The Morgan fingerprint density at radius 2 is 2.32 bits per heavy atom. The van der Waals surface area contributed by atoms with Gasteiger partial charge in [-0.3, -0.25) is 9.78 Å². The van der Waals surface area contributed by atoms with Crippen LogP contribution in [0.3, 0.4) is 0 Å². The maximum absolute atomic E-state index is 12.0. The maximum Gasteiger partial charge on any atom is 0.251 e. The van der Waals surface area contributed by atoms with Crippen molar-refractivity contribution in [1.82, 2.24) is 10.3 Å². The van der Waals surface area contributed by atoms with Crippen LogP contribution in [0.2, 0.25) is 0 Å². The first-order valence-corrected chi connectivity index (χ1v) is 7.14. The summed E-state index contributed by atoms with van der Waals surface area (Å²) in [5, 5.41) is 11.4. The number of rotatable bonds is 4. The van der Waals surface area contributed by atoms with E-state index in [1.165, 1.54) is 0 Å². The Balaban J connectivity index is 2.00. The summed E-state index contributed by atoms with van der Waals surface area (Å²) in [4.78, 5) is 17.1. The van der Waals surface area contributed by atoms with E-state index in [2.05, 4.69) is 26.2 Å². The number of nitriles is 1. The van der Waals surface area contributed by atoms with Gasteiger partial charge in [0, 0.05) is 16.6 Å². The number of carbonyl (C=O) groups is 1. The standard InChI is InChI=1S/C13H10BrN3OS/c14-12-2-1-11(19-12)8-17-13(18)9-4-6-16-10(7-9)3-5-15/h1-2,4,6-7H,3,8H2,(H,17,18). The highest BCUT2D eigenvalue weighted by Crippen LogP contribution is 2.21. The predicted molar refractivity (Wildman–Crippen MR) is 76.7 cm³/mol. The molecule has 96 valence electrons. The first-order valence-electron chi connectivity index (χ1n) is 5.53. The smallest absolute Gasteiger partial charge is 0.251 e. The Kier molecular flexibility index (Phi) is 4.66. The predicted octanol–water partition coefficient (Wildman–Crippen LogP) is 2.90. The third-order valence-electron chi connectivity index (χ3n) is 2.39. The van der Waals surface area contributed by atoms with Crippen molar-refractivity contribution in [3.05, 3.63) is 50.4 Å². The zero-order valence-electron chi connectivity index (χ0n) is 9.89. The summed E-state index contributed by atoms with van der Waals surface area (Å²) in [7, 11) is 0. The molecule has 0 unspecified atom stereocenters. The Labute approximate surface area is 123 Å². The fraction of sp³-hybridized carbons (Fsp3) is 0.154. The van der Waals surface area contributed by atoms with Crippen LogP contribution in [0.1, 0.15) is 20.9 Å². The zero-order chi connectivity index (χ0) is 13.7. The highest BCUT2D eigenvalue weighted by atomic mass is 79.9. The molecule has 6 heteroatoms. The van der Waals surface area contributed by atoms with Gasteiger partial charge in [-0.2, -0.15) is 5.26 Å². The van der Waals surface area contributed by atoms with Crippen molar-refractivity contribution >= 4 is 33.2 Å². The molecular weight excluding hydrogens is 326 g/mol. The first-order chi connectivity index (χ1) is 9.19. The van der Waals surface area contributed by atoms with Crippen LogP contribution in [0.25, 0.3) is 0 Å². The average molecular weight is 336 g/mol. The molecule has 0 saturated heterocycles. The summed E-state index contributed by atoms with van der Waals surface area (Å²) >= 11 is 4.96. The van der Waals surface area contributed by atoms with Gasteiger partial charge in [0.05, 0.1) is 28.5 Å². The summed E-state index contributed by atoms with van der Waals surface area (Å²) in [6, 6.07) is 9.20. The number of hydrogen-bond donors (Lipinski definition) is 1. The molecule has 0 bridgehead atoms. The van der Waals surface area contributed by atoms with E-state index >= 15 is 0 Å². The lowest BCUT2D eigenvalue weighted by atomic mass is 10.2. The van der Waals surface area contributed by atoms with Crippen LogP contribution in [0, 0.1) is 11.3 Å². The number of hydrogen-bond acceptors (Lipinski definition) is 4. The van der Waals surface area contributed by atoms with Gasteiger partial charge in [0.25, 0.3) is 5.91 Å². The second kappa shape index (κ2) is 6.45. The van der Waals surface area contributed by atoms with Crippen LogP contribution in [0.5, 0.6) is 0 Å². The van der Waals surface area contributed by atoms with Crippen molar-refractivity contribution in [2.75, 3.05) is 0 Å². The average Bonchev–Trinajstić information content (AvgIpc) is 2.82. The molecular formula is C13H10BrN3OS. The van der Waals surface area contributed by atoms with Crippen molar-refractivity contribution in [2.24, 2.45) is 0 Å². The maximum atomic E-state index is 12.0. The van der Waals surface area contributed by atoms with Gasteiger partial charge in [-0.25, -0.2) is 0 Å². The van der Waals surface area contributed by atoms with Crippen LogP contribution in [0.15, 0.2) is 34.2 Å². The third-order valence-corrected chi connectivity index (χ3v) is 4.01. The minimum atomic E-state index is -0.161. The fourth-order valence-corrected chi connectivity index (χ4v) is 2.94. The van der Waals surface area contributed by atoms with Crippen molar-refractivity contribution in [3.63, 3.8) is 0 Å². The molecule has 1 amide bonds. The largest absolute Gasteiger partial charge is 0.347 e. The number of aromatic nitrogens is 1. The molecule has 0 atom stereocenters. The second-order valence-corrected chi connectivity index (χ2v) is 6.31. The van der Waals surface area contributed by atoms with Gasteiger partial charge in [0.15, 0.2) is 0 Å². The lowest BCUT2D eigenvalue weighted by molar-refractivity contribution is 0.0951. The van der Waals surface area contributed by atoms with Crippen LogP contribution in [-0.2, 0) is 13.0 Å². The monoisotopic (exact) mass is 335 g/mol. The van der Waals surface area contributed by atoms with E-state index in [0.717, 1.165) is 8.66 Å². The zero-order valence-corrected chi connectivity index (χ0v) is 12.3. The molecule has 0 aliphatic carbocycles. The van der Waals surface area contributed by atoms with E-state index in [4.69, 9.17) is 5.26 Å². The van der Waals surface area contributed by atoms with Crippen molar-refractivity contribution in [3.8, 4) is 6.07 Å². The summed E-state index contributed by atoms with van der Waals surface area (Å²) in [6.45, 7) is 0.491. The molecule has 0 saturated carbocycles. The number of nitrogens with zero attached hydrogens (tertiary/aromatic N) is 2. The van der Waals surface area contributed by atoms with Crippen molar-refractivity contribution < 1.29 is 4.79 Å². The molecule has 2 heterocycles. The van der Waals surface area contributed by atoms with Gasteiger partial charge in [-0.1, -0.05) is 0 Å². The molecule has 0 spiro atoms. The first kappa shape index (κ1) is 13.7. The van der Waals surface area contributed by atoms with E-state index in [-0.39, 0.29) is 12.3 Å². The Hall–Kier alpha value is -1.71. The third kappa shape index (κ3) is 3.88. The quantitative estimate of drug-likeness (QED) is 0.934. The summed E-state index contributed by atoms with van der Waals surface area (Å²) in [6.07, 6.45) is 1.75. The Bertz CT molecular complexity index is 633. The van der Waals surface area contributed by atoms with Gasteiger partial charge in [0.2, 0.25) is 0 Å². The number of carbonyl (C=O) groups excluding carboxylic acids is 1. The normalized spacial score (nSPS) is 9.89. The lowest BCUT2D eigenvalue weighted by Crippen LogP contribution is -2.22. The Morgan fingerprint density at radius 1 is 1.47 bits per heavy atom. The van der Waals surface area contributed by atoms with E-state index in [1.807, 2.05) is 18.2 Å². The Morgan fingerprint density at radius 3 is 3.00 bits per heavy atom. The molecule has 19 heavy (non-hydrogen) atoms. The molecule has 4 nitrogen and oxygen atoms in total.